The second kappa shape index (κ2) is 3.73. The van der Waals surface area contributed by atoms with Crippen LogP contribution in [0.1, 0.15) is 27.7 Å². The SMILES string of the molecule is CC(C)[C@@H]1CN(C(C)C)C[C@@H]1F. The summed E-state index contributed by atoms with van der Waals surface area (Å²) in [4.78, 5) is 2.23. The number of likely N-dealkylation sites (tertiary alicyclic amines) is 1. The first-order valence-electron chi connectivity index (χ1n) is 4.90. The van der Waals surface area contributed by atoms with Gasteiger partial charge in [-0.15, -0.1) is 0 Å². The molecule has 1 nitrogen and oxygen atoms in total. The van der Waals surface area contributed by atoms with Crippen LogP contribution in [0.5, 0.6) is 0 Å². The summed E-state index contributed by atoms with van der Waals surface area (Å²) in [6, 6.07) is 0.493. The van der Waals surface area contributed by atoms with Crippen LogP contribution in [0.2, 0.25) is 0 Å². The topological polar surface area (TPSA) is 3.24 Å². The summed E-state index contributed by atoms with van der Waals surface area (Å²) >= 11 is 0. The fourth-order valence-electron chi connectivity index (χ4n) is 1.87. The molecule has 72 valence electrons. The first-order chi connectivity index (χ1) is 5.52. The van der Waals surface area contributed by atoms with Gasteiger partial charge < -0.3 is 0 Å². The van der Waals surface area contributed by atoms with Crippen molar-refractivity contribution in [3.63, 3.8) is 0 Å². The number of rotatable bonds is 2. The van der Waals surface area contributed by atoms with Crippen LogP contribution < -0.4 is 0 Å². The average Bonchev–Trinajstić information content (AvgIpc) is 2.30. The third-order valence-corrected chi connectivity index (χ3v) is 2.91. The molecule has 0 aromatic carbocycles. The van der Waals surface area contributed by atoms with Gasteiger partial charge in [-0.05, 0) is 19.8 Å². The third kappa shape index (κ3) is 1.98. The zero-order valence-corrected chi connectivity index (χ0v) is 8.55. The van der Waals surface area contributed by atoms with Crippen molar-refractivity contribution in [3.05, 3.63) is 0 Å². The molecular formula is C10H20FN. The summed E-state index contributed by atoms with van der Waals surface area (Å²) in [5.74, 6) is 0.733. The van der Waals surface area contributed by atoms with E-state index in [2.05, 4.69) is 32.6 Å². The van der Waals surface area contributed by atoms with Gasteiger partial charge in [0.15, 0.2) is 0 Å². The molecule has 0 radical (unpaired) electrons. The van der Waals surface area contributed by atoms with Crippen molar-refractivity contribution in [2.45, 2.75) is 39.9 Å². The van der Waals surface area contributed by atoms with Crippen molar-refractivity contribution in [2.24, 2.45) is 11.8 Å². The van der Waals surface area contributed by atoms with Gasteiger partial charge in [0.2, 0.25) is 0 Å². The van der Waals surface area contributed by atoms with Crippen LogP contribution in [0.25, 0.3) is 0 Å². The average molecular weight is 173 g/mol. The molecule has 0 bridgehead atoms. The van der Waals surface area contributed by atoms with E-state index in [0.29, 0.717) is 18.5 Å². The highest BCUT2D eigenvalue weighted by Gasteiger charge is 2.35. The quantitative estimate of drug-likeness (QED) is 0.619. The second-order valence-corrected chi connectivity index (χ2v) is 4.47. The van der Waals surface area contributed by atoms with Crippen LogP contribution in [0, 0.1) is 11.8 Å². The highest BCUT2D eigenvalue weighted by Crippen LogP contribution is 2.27. The van der Waals surface area contributed by atoms with Crippen LogP contribution in [-0.4, -0.2) is 30.2 Å². The van der Waals surface area contributed by atoms with Gasteiger partial charge >= 0.3 is 0 Å². The molecule has 0 aliphatic carbocycles. The van der Waals surface area contributed by atoms with Gasteiger partial charge in [0.05, 0.1) is 0 Å². The lowest BCUT2D eigenvalue weighted by atomic mass is 9.94. The van der Waals surface area contributed by atoms with E-state index in [1.807, 2.05) is 0 Å². The van der Waals surface area contributed by atoms with Gasteiger partial charge in [0.25, 0.3) is 0 Å². The van der Waals surface area contributed by atoms with Crippen molar-refractivity contribution in [1.82, 2.24) is 4.90 Å². The normalized spacial score (nSPS) is 32.2. The van der Waals surface area contributed by atoms with Crippen molar-refractivity contribution in [1.29, 1.82) is 0 Å². The maximum atomic E-state index is 13.4. The first-order valence-corrected chi connectivity index (χ1v) is 4.90. The number of alkyl halides is 1. The van der Waals surface area contributed by atoms with Crippen LogP contribution in [0.15, 0.2) is 0 Å². The number of hydrogen-bond donors (Lipinski definition) is 0. The number of nitrogens with zero attached hydrogens (tertiary/aromatic N) is 1. The van der Waals surface area contributed by atoms with E-state index in [9.17, 15) is 4.39 Å². The molecule has 1 heterocycles. The van der Waals surface area contributed by atoms with Crippen molar-refractivity contribution in [2.75, 3.05) is 13.1 Å². The van der Waals surface area contributed by atoms with E-state index in [4.69, 9.17) is 0 Å². The first kappa shape index (κ1) is 9.97. The number of halogens is 1. The van der Waals surface area contributed by atoms with E-state index in [1.165, 1.54) is 0 Å². The Bertz CT molecular complexity index is 145. The van der Waals surface area contributed by atoms with Gasteiger partial charge in [-0.25, -0.2) is 4.39 Å². The third-order valence-electron chi connectivity index (χ3n) is 2.91. The minimum atomic E-state index is -0.604. The Kier molecular flexibility index (Phi) is 3.10. The molecule has 0 unspecified atom stereocenters. The van der Waals surface area contributed by atoms with Crippen LogP contribution in [0.3, 0.4) is 0 Å². The van der Waals surface area contributed by atoms with Crippen molar-refractivity contribution in [3.8, 4) is 0 Å². The maximum Gasteiger partial charge on any atom is 0.117 e. The zero-order valence-electron chi connectivity index (χ0n) is 8.55. The predicted molar refractivity (Wildman–Crippen MR) is 49.9 cm³/mol. The second-order valence-electron chi connectivity index (χ2n) is 4.47. The molecule has 1 fully saturated rings. The summed E-state index contributed by atoms with van der Waals surface area (Å²) < 4.78 is 13.4. The Labute approximate surface area is 74.9 Å². The molecule has 1 saturated heterocycles. The smallest absolute Gasteiger partial charge is 0.117 e. The molecule has 0 spiro atoms. The fraction of sp³-hybridized carbons (Fsp3) is 1.00. The highest BCUT2D eigenvalue weighted by molar-refractivity contribution is 4.86. The molecule has 2 atom stereocenters. The highest BCUT2D eigenvalue weighted by atomic mass is 19.1. The molecule has 0 N–H and O–H groups in total. The van der Waals surface area contributed by atoms with Gasteiger partial charge in [-0.2, -0.15) is 0 Å². The summed E-state index contributed by atoms with van der Waals surface area (Å²) in [6.07, 6.45) is -0.604. The zero-order chi connectivity index (χ0) is 9.30. The molecule has 2 heteroatoms. The van der Waals surface area contributed by atoms with Crippen LogP contribution >= 0.6 is 0 Å². The lowest BCUT2D eigenvalue weighted by molar-refractivity contribution is 0.233. The molecular weight excluding hydrogens is 153 g/mol. The van der Waals surface area contributed by atoms with Crippen LogP contribution in [-0.2, 0) is 0 Å². The summed E-state index contributed by atoms with van der Waals surface area (Å²) in [5.41, 5.74) is 0. The number of hydrogen-bond acceptors (Lipinski definition) is 1. The lowest BCUT2D eigenvalue weighted by Gasteiger charge is -2.20. The van der Waals surface area contributed by atoms with E-state index >= 15 is 0 Å². The molecule has 0 saturated carbocycles. The van der Waals surface area contributed by atoms with E-state index < -0.39 is 6.17 Å². The molecule has 0 aromatic rings. The van der Waals surface area contributed by atoms with Crippen LogP contribution in [0.4, 0.5) is 4.39 Å². The molecule has 0 aromatic heterocycles. The molecule has 1 rings (SSSR count). The summed E-state index contributed by atoms with van der Waals surface area (Å²) in [5, 5.41) is 0. The van der Waals surface area contributed by atoms with E-state index in [1.54, 1.807) is 0 Å². The van der Waals surface area contributed by atoms with Gasteiger partial charge in [0, 0.05) is 25.0 Å². The van der Waals surface area contributed by atoms with Crippen molar-refractivity contribution < 1.29 is 4.39 Å². The van der Waals surface area contributed by atoms with Gasteiger partial charge in [-0.3, -0.25) is 4.90 Å². The Morgan fingerprint density at radius 1 is 1.17 bits per heavy atom. The van der Waals surface area contributed by atoms with Gasteiger partial charge in [-0.1, -0.05) is 13.8 Å². The molecule has 1 aliphatic heterocycles. The Morgan fingerprint density at radius 3 is 2.00 bits per heavy atom. The Morgan fingerprint density at radius 2 is 1.75 bits per heavy atom. The molecule has 12 heavy (non-hydrogen) atoms. The monoisotopic (exact) mass is 173 g/mol. The minimum absolute atomic E-state index is 0.257. The molecule has 0 amide bonds. The molecule has 1 aliphatic rings. The Hall–Kier alpha value is -0.110. The largest absolute Gasteiger partial charge is 0.298 e. The predicted octanol–water partition coefficient (Wildman–Crippen LogP) is 2.32. The lowest BCUT2D eigenvalue weighted by Crippen LogP contribution is -2.29. The van der Waals surface area contributed by atoms with E-state index in [-0.39, 0.29) is 5.92 Å². The van der Waals surface area contributed by atoms with Gasteiger partial charge in [0.1, 0.15) is 6.17 Å². The minimum Gasteiger partial charge on any atom is -0.298 e. The maximum absolute atomic E-state index is 13.4. The van der Waals surface area contributed by atoms with Crippen molar-refractivity contribution >= 4 is 0 Å². The standard InChI is InChI=1S/C10H20FN/c1-7(2)9-5-12(8(3)4)6-10(9)11/h7-10H,5-6H2,1-4H3/t9-,10-/m0/s1. The van der Waals surface area contributed by atoms with E-state index in [0.717, 1.165) is 6.54 Å². The Balaban J connectivity index is 2.50. The fourth-order valence-corrected chi connectivity index (χ4v) is 1.87. The summed E-state index contributed by atoms with van der Waals surface area (Å²) in [6.45, 7) is 10.1. The summed E-state index contributed by atoms with van der Waals surface area (Å²) in [7, 11) is 0.